The van der Waals surface area contributed by atoms with Crippen LogP contribution in [0.25, 0.3) is 11.0 Å². The molecule has 5 heteroatoms. The molecule has 1 heterocycles. The summed E-state index contributed by atoms with van der Waals surface area (Å²) in [4.78, 5) is 7.55. The zero-order valence-corrected chi connectivity index (χ0v) is 9.85. The fraction of sp³-hybridized carbons (Fsp3) is 0.222. The molecule has 0 aliphatic rings. The van der Waals surface area contributed by atoms with E-state index in [-0.39, 0.29) is 6.04 Å². The van der Waals surface area contributed by atoms with Gasteiger partial charge in [0.05, 0.1) is 17.1 Å². The summed E-state index contributed by atoms with van der Waals surface area (Å²) in [5.74, 6) is 1.37. The number of nitrogens with zero attached hydrogens (tertiary/aromatic N) is 1. The molecule has 1 aromatic heterocycles. The number of halogens is 1. The molecule has 0 aliphatic heterocycles. The lowest BCUT2D eigenvalue weighted by Gasteiger charge is -2.01. The van der Waals surface area contributed by atoms with Gasteiger partial charge < -0.3 is 10.7 Å². The van der Waals surface area contributed by atoms with Crippen LogP contribution in [0, 0.1) is 0 Å². The Morgan fingerprint density at radius 2 is 2.36 bits per heavy atom. The van der Waals surface area contributed by atoms with Gasteiger partial charge in [0.25, 0.3) is 0 Å². The van der Waals surface area contributed by atoms with Crippen molar-refractivity contribution in [2.24, 2.45) is 5.73 Å². The van der Waals surface area contributed by atoms with Crippen LogP contribution in [0.4, 0.5) is 0 Å². The van der Waals surface area contributed by atoms with Gasteiger partial charge in [-0.2, -0.15) is 12.6 Å². The number of aromatic amines is 1. The first kappa shape index (κ1) is 10.0. The molecule has 0 unspecified atom stereocenters. The molecular formula is C9H10BrN3S. The van der Waals surface area contributed by atoms with E-state index in [1.54, 1.807) is 0 Å². The number of hydrogen-bond donors (Lipinski definition) is 3. The maximum absolute atomic E-state index is 5.81. The molecule has 0 amide bonds. The number of nitrogens with one attached hydrogen (secondary N) is 1. The number of thiol groups is 1. The number of fused-ring (bicyclic) bond motifs is 1. The van der Waals surface area contributed by atoms with Crippen molar-refractivity contribution in [1.82, 2.24) is 9.97 Å². The van der Waals surface area contributed by atoms with Crippen LogP contribution in [-0.2, 0) is 0 Å². The Morgan fingerprint density at radius 1 is 1.57 bits per heavy atom. The first-order chi connectivity index (χ1) is 6.70. The van der Waals surface area contributed by atoms with E-state index >= 15 is 0 Å². The van der Waals surface area contributed by atoms with Crippen LogP contribution >= 0.6 is 28.6 Å². The zero-order valence-electron chi connectivity index (χ0n) is 7.37. The van der Waals surface area contributed by atoms with Gasteiger partial charge in [-0.25, -0.2) is 4.98 Å². The van der Waals surface area contributed by atoms with E-state index in [1.807, 2.05) is 18.2 Å². The maximum atomic E-state index is 5.81. The van der Waals surface area contributed by atoms with Crippen LogP contribution in [-0.4, -0.2) is 15.7 Å². The summed E-state index contributed by atoms with van der Waals surface area (Å²) in [6, 6.07) is 5.76. The Morgan fingerprint density at radius 3 is 3.07 bits per heavy atom. The van der Waals surface area contributed by atoms with Gasteiger partial charge in [-0.15, -0.1) is 0 Å². The van der Waals surface area contributed by atoms with E-state index in [0.29, 0.717) is 5.75 Å². The van der Waals surface area contributed by atoms with Gasteiger partial charge in [0, 0.05) is 10.2 Å². The summed E-state index contributed by atoms with van der Waals surface area (Å²) in [6.45, 7) is 0. The molecule has 0 radical (unpaired) electrons. The van der Waals surface area contributed by atoms with Crippen molar-refractivity contribution in [2.75, 3.05) is 5.75 Å². The summed E-state index contributed by atoms with van der Waals surface area (Å²) in [7, 11) is 0. The Balaban J connectivity index is 2.51. The van der Waals surface area contributed by atoms with E-state index in [4.69, 9.17) is 5.73 Å². The summed E-state index contributed by atoms with van der Waals surface area (Å²) in [5.41, 5.74) is 7.74. The molecule has 0 bridgehead atoms. The molecule has 0 fully saturated rings. The molecule has 74 valence electrons. The molecule has 0 spiro atoms. The third-order valence-electron chi connectivity index (χ3n) is 2.01. The highest BCUT2D eigenvalue weighted by Gasteiger charge is 2.09. The third-order valence-corrected chi connectivity index (χ3v) is 2.90. The van der Waals surface area contributed by atoms with Gasteiger partial charge in [-0.1, -0.05) is 15.9 Å². The Kier molecular flexibility index (Phi) is 2.80. The van der Waals surface area contributed by atoms with E-state index in [2.05, 4.69) is 38.5 Å². The van der Waals surface area contributed by atoms with Gasteiger partial charge in [0.15, 0.2) is 0 Å². The number of H-pyrrole nitrogens is 1. The van der Waals surface area contributed by atoms with Gasteiger partial charge in [-0.05, 0) is 18.2 Å². The van der Waals surface area contributed by atoms with Gasteiger partial charge in [0.1, 0.15) is 5.82 Å². The van der Waals surface area contributed by atoms with Gasteiger partial charge >= 0.3 is 0 Å². The molecule has 3 N–H and O–H groups in total. The minimum absolute atomic E-state index is 0.135. The Labute approximate surface area is 95.6 Å². The summed E-state index contributed by atoms with van der Waals surface area (Å²) in [5, 5.41) is 0. The Bertz CT molecular complexity index is 454. The predicted molar refractivity (Wildman–Crippen MR) is 64.6 cm³/mol. The topological polar surface area (TPSA) is 54.7 Å². The third kappa shape index (κ3) is 1.80. The van der Waals surface area contributed by atoms with Crippen LogP contribution in [0.1, 0.15) is 11.9 Å². The lowest BCUT2D eigenvalue weighted by molar-refractivity contribution is 0.773. The zero-order chi connectivity index (χ0) is 10.1. The number of nitrogens with two attached hydrogens (primary N) is 1. The summed E-state index contributed by atoms with van der Waals surface area (Å²) < 4.78 is 1.03. The summed E-state index contributed by atoms with van der Waals surface area (Å²) in [6.07, 6.45) is 0. The van der Waals surface area contributed by atoms with E-state index < -0.39 is 0 Å². The van der Waals surface area contributed by atoms with Crippen molar-refractivity contribution < 1.29 is 0 Å². The highest BCUT2D eigenvalue weighted by Crippen LogP contribution is 2.19. The second-order valence-electron chi connectivity index (χ2n) is 3.07. The molecular weight excluding hydrogens is 262 g/mol. The number of imidazole rings is 1. The second-order valence-corrected chi connectivity index (χ2v) is 4.35. The average Bonchev–Trinajstić information content (AvgIpc) is 2.59. The van der Waals surface area contributed by atoms with E-state index in [1.165, 1.54) is 0 Å². The highest BCUT2D eigenvalue weighted by atomic mass is 79.9. The maximum Gasteiger partial charge on any atom is 0.125 e. The smallest absolute Gasteiger partial charge is 0.125 e. The van der Waals surface area contributed by atoms with Crippen LogP contribution in [0.15, 0.2) is 22.7 Å². The van der Waals surface area contributed by atoms with Crippen molar-refractivity contribution in [3.63, 3.8) is 0 Å². The largest absolute Gasteiger partial charge is 0.341 e. The van der Waals surface area contributed by atoms with Crippen molar-refractivity contribution in [2.45, 2.75) is 6.04 Å². The quantitative estimate of drug-likeness (QED) is 0.734. The fourth-order valence-electron chi connectivity index (χ4n) is 1.26. The number of aromatic nitrogens is 2. The molecule has 3 nitrogen and oxygen atoms in total. The molecule has 1 aromatic carbocycles. The van der Waals surface area contributed by atoms with Crippen molar-refractivity contribution >= 4 is 39.6 Å². The van der Waals surface area contributed by atoms with Crippen LogP contribution < -0.4 is 5.73 Å². The molecule has 0 aliphatic carbocycles. The molecule has 2 rings (SSSR count). The van der Waals surface area contributed by atoms with Gasteiger partial charge in [0.2, 0.25) is 0 Å². The minimum atomic E-state index is -0.135. The second kappa shape index (κ2) is 3.92. The minimum Gasteiger partial charge on any atom is -0.341 e. The molecule has 1 atom stereocenters. The number of rotatable bonds is 2. The molecule has 0 saturated carbocycles. The standard InChI is InChI=1S/C9H10BrN3S/c10-5-1-2-7-8(3-5)13-9(12-7)6(11)4-14/h1-3,6,14H,4,11H2,(H,12,13)/t6-/m1/s1. The molecule has 14 heavy (non-hydrogen) atoms. The lowest BCUT2D eigenvalue weighted by atomic mass is 10.3. The molecule has 2 aromatic rings. The monoisotopic (exact) mass is 271 g/mol. The normalized spacial score (nSPS) is 13.4. The first-order valence-electron chi connectivity index (χ1n) is 4.22. The van der Waals surface area contributed by atoms with E-state index in [9.17, 15) is 0 Å². The SMILES string of the molecule is N[C@H](CS)c1nc2ccc(Br)cc2[nH]1. The fourth-order valence-corrected chi connectivity index (χ4v) is 1.80. The highest BCUT2D eigenvalue weighted by molar-refractivity contribution is 9.10. The predicted octanol–water partition coefficient (Wildman–Crippen LogP) is 2.25. The summed E-state index contributed by atoms with van der Waals surface area (Å²) >= 11 is 7.54. The lowest BCUT2D eigenvalue weighted by Crippen LogP contribution is -2.13. The van der Waals surface area contributed by atoms with Gasteiger partial charge in [-0.3, -0.25) is 0 Å². The van der Waals surface area contributed by atoms with E-state index in [0.717, 1.165) is 21.3 Å². The average molecular weight is 272 g/mol. The van der Waals surface area contributed by atoms with Crippen molar-refractivity contribution in [3.8, 4) is 0 Å². The first-order valence-corrected chi connectivity index (χ1v) is 5.65. The number of hydrogen-bond acceptors (Lipinski definition) is 3. The number of benzene rings is 1. The van der Waals surface area contributed by atoms with Crippen LogP contribution in [0.2, 0.25) is 0 Å². The van der Waals surface area contributed by atoms with Crippen molar-refractivity contribution in [1.29, 1.82) is 0 Å². The molecule has 0 saturated heterocycles. The Hall–Kier alpha value is -0.520. The van der Waals surface area contributed by atoms with Crippen LogP contribution in [0.5, 0.6) is 0 Å². The van der Waals surface area contributed by atoms with Crippen LogP contribution in [0.3, 0.4) is 0 Å². The van der Waals surface area contributed by atoms with Crippen molar-refractivity contribution in [3.05, 3.63) is 28.5 Å².